The Bertz CT molecular complexity index is 3900. The van der Waals surface area contributed by atoms with E-state index in [-0.39, 0.29) is 5.41 Å². The lowest BCUT2D eigenvalue weighted by molar-refractivity contribution is 0.661. The SMILES string of the molecule is CC1(C)c2cc3ccccc3cc2-c2c(-c3cc(-c4ccc(-c5ccccc5-c5ccc6c7ccccc7n(-c7ccccc7)c6c5)c5ccccc45)nc(-c4ccccc4)n3)cccc21. The number of aromatic nitrogens is 3. The largest absolute Gasteiger partial charge is 0.309 e. The summed E-state index contributed by atoms with van der Waals surface area (Å²) in [7, 11) is 0. The van der Waals surface area contributed by atoms with Crippen molar-refractivity contribution in [2.45, 2.75) is 19.3 Å². The Hall–Kier alpha value is -8.40. The minimum Gasteiger partial charge on any atom is -0.309 e. The van der Waals surface area contributed by atoms with Gasteiger partial charge in [0, 0.05) is 38.6 Å². The summed E-state index contributed by atoms with van der Waals surface area (Å²) in [6.07, 6.45) is 0. The number of benzene rings is 10. The molecule has 0 atom stereocenters. The van der Waals surface area contributed by atoms with Crippen molar-refractivity contribution in [3.8, 4) is 73.0 Å². The Labute approximate surface area is 384 Å². The number of nitrogens with zero attached hydrogens (tertiary/aromatic N) is 3. The molecular weight excluding hydrogens is 799 g/mol. The van der Waals surface area contributed by atoms with Gasteiger partial charge in [-0.25, -0.2) is 9.97 Å². The van der Waals surface area contributed by atoms with Gasteiger partial charge in [0.05, 0.1) is 22.4 Å². The summed E-state index contributed by atoms with van der Waals surface area (Å²) in [6, 6.07) is 81.4. The Morgan fingerprint density at radius 1 is 0.348 bits per heavy atom. The van der Waals surface area contributed by atoms with Crippen molar-refractivity contribution in [3.63, 3.8) is 0 Å². The monoisotopic (exact) mass is 841 g/mol. The third kappa shape index (κ3) is 5.90. The molecule has 1 aliphatic carbocycles. The van der Waals surface area contributed by atoms with Crippen LogP contribution >= 0.6 is 0 Å². The summed E-state index contributed by atoms with van der Waals surface area (Å²) in [4.78, 5) is 10.8. The normalized spacial score (nSPS) is 12.8. The smallest absolute Gasteiger partial charge is 0.160 e. The number of fused-ring (bicyclic) bond motifs is 8. The molecule has 0 spiro atoms. The van der Waals surface area contributed by atoms with Crippen LogP contribution in [0.1, 0.15) is 25.0 Å². The molecule has 3 nitrogen and oxygen atoms in total. The lowest BCUT2D eigenvalue weighted by atomic mass is 9.81. The fourth-order valence-electron chi connectivity index (χ4n) is 10.8. The first kappa shape index (κ1) is 38.1. The van der Waals surface area contributed by atoms with Gasteiger partial charge in [0.1, 0.15) is 0 Å². The summed E-state index contributed by atoms with van der Waals surface area (Å²) < 4.78 is 2.39. The van der Waals surface area contributed by atoms with Gasteiger partial charge in [-0.3, -0.25) is 0 Å². The van der Waals surface area contributed by atoms with Crippen LogP contribution < -0.4 is 0 Å². The first-order valence-corrected chi connectivity index (χ1v) is 22.8. The predicted molar refractivity (Wildman–Crippen MR) is 276 cm³/mol. The highest BCUT2D eigenvalue weighted by Gasteiger charge is 2.37. The van der Waals surface area contributed by atoms with Gasteiger partial charge in [-0.15, -0.1) is 0 Å². The number of rotatable bonds is 6. The molecule has 0 aliphatic heterocycles. The third-order valence-electron chi connectivity index (χ3n) is 14.0. The second kappa shape index (κ2) is 14.8. The van der Waals surface area contributed by atoms with Crippen molar-refractivity contribution in [2.75, 3.05) is 0 Å². The average molecular weight is 842 g/mol. The van der Waals surface area contributed by atoms with E-state index in [0.717, 1.165) is 39.2 Å². The van der Waals surface area contributed by atoms with E-state index in [1.807, 2.05) is 6.07 Å². The summed E-state index contributed by atoms with van der Waals surface area (Å²) in [6.45, 7) is 4.71. The van der Waals surface area contributed by atoms with Crippen molar-refractivity contribution >= 4 is 43.4 Å². The van der Waals surface area contributed by atoms with E-state index in [1.54, 1.807) is 0 Å². The van der Waals surface area contributed by atoms with Crippen LogP contribution in [0.3, 0.4) is 0 Å². The lowest BCUT2D eigenvalue weighted by Gasteiger charge is -2.22. The molecular formula is C63H43N3. The van der Waals surface area contributed by atoms with Gasteiger partial charge in [0.25, 0.3) is 0 Å². The molecule has 3 heteroatoms. The topological polar surface area (TPSA) is 30.7 Å². The highest BCUT2D eigenvalue weighted by atomic mass is 15.0. The molecule has 0 amide bonds. The zero-order valence-corrected chi connectivity index (χ0v) is 36.7. The molecule has 12 aromatic rings. The molecule has 0 bridgehead atoms. The minimum atomic E-state index is -0.169. The van der Waals surface area contributed by atoms with E-state index >= 15 is 0 Å². The van der Waals surface area contributed by atoms with Crippen LogP contribution in [0.15, 0.2) is 224 Å². The number of hydrogen-bond acceptors (Lipinski definition) is 2. The molecule has 0 radical (unpaired) electrons. The zero-order chi connectivity index (χ0) is 43.9. The third-order valence-corrected chi connectivity index (χ3v) is 14.0. The van der Waals surface area contributed by atoms with E-state index in [4.69, 9.17) is 9.97 Å². The van der Waals surface area contributed by atoms with E-state index in [1.165, 1.54) is 82.5 Å². The average Bonchev–Trinajstić information content (AvgIpc) is 3.83. The van der Waals surface area contributed by atoms with Crippen LogP contribution in [0.5, 0.6) is 0 Å². The maximum absolute atomic E-state index is 5.40. The van der Waals surface area contributed by atoms with Gasteiger partial charge >= 0.3 is 0 Å². The first-order valence-electron chi connectivity index (χ1n) is 22.8. The molecule has 2 heterocycles. The molecule has 1 aliphatic rings. The Kier molecular flexibility index (Phi) is 8.56. The van der Waals surface area contributed by atoms with Crippen molar-refractivity contribution < 1.29 is 0 Å². The molecule has 13 rings (SSSR count). The van der Waals surface area contributed by atoms with Crippen molar-refractivity contribution in [3.05, 3.63) is 236 Å². The van der Waals surface area contributed by atoms with Crippen LogP contribution in [-0.2, 0) is 5.41 Å². The fourth-order valence-corrected chi connectivity index (χ4v) is 10.8. The van der Waals surface area contributed by atoms with Crippen molar-refractivity contribution in [1.82, 2.24) is 14.5 Å². The summed E-state index contributed by atoms with van der Waals surface area (Å²) in [5.41, 5.74) is 18.3. The fraction of sp³-hybridized carbons (Fsp3) is 0.0476. The quantitative estimate of drug-likeness (QED) is 0.167. The molecule has 310 valence electrons. The van der Waals surface area contributed by atoms with Gasteiger partial charge in [-0.1, -0.05) is 196 Å². The van der Waals surface area contributed by atoms with Crippen LogP contribution in [0.2, 0.25) is 0 Å². The van der Waals surface area contributed by atoms with E-state index < -0.39 is 0 Å². The summed E-state index contributed by atoms with van der Waals surface area (Å²) in [5.74, 6) is 0.707. The van der Waals surface area contributed by atoms with E-state index in [0.29, 0.717) is 5.82 Å². The second-order valence-corrected chi connectivity index (χ2v) is 18.1. The maximum atomic E-state index is 5.40. The van der Waals surface area contributed by atoms with Gasteiger partial charge in [-0.2, -0.15) is 0 Å². The lowest BCUT2D eigenvalue weighted by Crippen LogP contribution is -2.14. The molecule has 0 saturated heterocycles. The number of hydrogen-bond donors (Lipinski definition) is 0. The Morgan fingerprint density at radius 2 is 0.939 bits per heavy atom. The molecule has 0 saturated carbocycles. The van der Waals surface area contributed by atoms with Crippen LogP contribution in [-0.4, -0.2) is 14.5 Å². The van der Waals surface area contributed by atoms with Crippen LogP contribution in [0.25, 0.3) is 116 Å². The summed E-state index contributed by atoms with van der Waals surface area (Å²) >= 11 is 0. The van der Waals surface area contributed by atoms with Gasteiger partial charge in [0.15, 0.2) is 5.82 Å². The first-order chi connectivity index (χ1) is 32.5. The van der Waals surface area contributed by atoms with E-state index in [9.17, 15) is 0 Å². The van der Waals surface area contributed by atoms with E-state index in [2.05, 4.69) is 237 Å². The maximum Gasteiger partial charge on any atom is 0.160 e. The van der Waals surface area contributed by atoms with Crippen molar-refractivity contribution in [1.29, 1.82) is 0 Å². The van der Waals surface area contributed by atoms with Gasteiger partial charge < -0.3 is 4.57 Å². The molecule has 0 N–H and O–H groups in total. The van der Waals surface area contributed by atoms with Crippen molar-refractivity contribution in [2.24, 2.45) is 0 Å². The Morgan fingerprint density at radius 3 is 1.73 bits per heavy atom. The van der Waals surface area contributed by atoms with Crippen LogP contribution in [0, 0.1) is 0 Å². The molecule has 2 aromatic heterocycles. The standard InChI is InChI=1S/C63H43N3/c1-63(2)55-30-17-29-53(61(55)54-36-41-20-9-10-21-42(41)37-56(54)63)58-39-57(64-62(65-58)40-18-5-3-6-19-40)50-35-34-49(47-26-13-14-27-48(47)50)46-25-12-11-24-45(46)43-32-33-52-51-28-15-16-31-59(51)66(60(52)38-43)44-22-7-4-8-23-44/h3-39H,1-2H3. The predicted octanol–water partition coefficient (Wildman–Crippen LogP) is 16.5. The number of para-hydroxylation sites is 2. The highest BCUT2D eigenvalue weighted by Crippen LogP contribution is 2.53. The Balaban J connectivity index is 0.989. The minimum absolute atomic E-state index is 0.169. The highest BCUT2D eigenvalue weighted by molar-refractivity contribution is 6.12. The van der Waals surface area contributed by atoms with Crippen LogP contribution in [0.4, 0.5) is 0 Å². The molecule has 0 unspecified atom stereocenters. The molecule has 10 aromatic carbocycles. The molecule has 0 fully saturated rings. The summed E-state index contributed by atoms with van der Waals surface area (Å²) in [5, 5.41) is 7.31. The second-order valence-electron chi connectivity index (χ2n) is 18.1. The zero-order valence-electron chi connectivity index (χ0n) is 36.7. The van der Waals surface area contributed by atoms with Gasteiger partial charge in [0.2, 0.25) is 0 Å². The molecule has 66 heavy (non-hydrogen) atoms. The van der Waals surface area contributed by atoms with Gasteiger partial charge in [-0.05, 0) is 109 Å².